The molecular formula is C12H13ClN4O2. The summed E-state index contributed by atoms with van der Waals surface area (Å²) in [6, 6.07) is 3.28. The molecule has 0 bridgehead atoms. The molecule has 0 aliphatic heterocycles. The molecule has 0 saturated carbocycles. The van der Waals surface area contributed by atoms with Crippen LogP contribution in [0.1, 0.15) is 17.3 Å². The minimum absolute atomic E-state index is 0.0561. The molecule has 0 fully saturated rings. The standard InChI is InChI=1S/C12H13ClN4O2/c1-8(7-17-4-2-3-15-17)16-11-10(13)5-9(6-14-11)12(18)19/h2-6,8H,7H2,1H3,(H,14,16)(H,18,19). The van der Waals surface area contributed by atoms with Gasteiger partial charge in [-0.05, 0) is 19.1 Å². The Morgan fingerprint density at radius 3 is 3.00 bits per heavy atom. The molecule has 0 saturated heterocycles. The lowest BCUT2D eigenvalue weighted by Gasteiger charge is -2.15. The van der Waals surface area contributed by atoms with E-state index in [0.717, 1.165) is 0 Å². The van der Waals surface area contributed by atoms with Crippen molar-refractivity contribution in [3.8, 4) is 0 Å². The van der Waals surface area contributed by atoms with Gasteiger partial charge in [-0.2, -0.15) is 5.10 Å². The van der Waals surface area contributed by atoms with Gasteiger partial charge in [0.2, 0.25) is 0 Å². The van der Waals surface area contributed by atoms with E-state index in [-0.39, 0.29) is 16.6 Å². The van der Waals surface area contributed by atoms with Crippen molar-refractivity contribution in [1.29, 1.82) is 0 Å². The van der Waals surface area contributed by atoms with E-state index in [1.807, 2.05) is 19.2 Å². The SMILES string of the molecule is CC(Cn1cccn1)Nc1ncc(C(=O)O)cc1Cl. The summed E-state index contributed by atoms with van der Waals surface area (Å²) in [5, 5.41) is 16.3. The van der Waals surface area contributed by atoms with Crippen molar-refractivity contribution < 1.29 is 9.90 Å². The summed E-state index contributed by atoms with van der Waals surface area (Å²) < 4.78 is 1.79. The van der Waals surface area contributed by atoms with Crippen LogP contribution in [0.3, 0.4) is 0 Å². The van der Waals surface area contributed by atoms with Crippen molar-refractivity contribution in [2.24, 2.45) is 0 Å². The monoisotopic (exact) mass is 280 g/mol. The molecule has 6 nitrogen and oxygen atoms in total. The second-order valence-electron chi connectivity index (χ2n) is 4.13. The average molecular weight is 281 g/mol. The number of hydrogen-bond donors (Lipinski definition) is 2. The maximum absolute atomic E-state index is 10.8. The van der Waals surface area contributed by atoms with Crippen molar-refractivity contribution in [2.75, 3.05) is 5.32 Å². The summed E-state index contributed by atoms with van der Waals surface area (Å²) in [5.74, 6) is -0.586. The van der Waals surface area contributed by atoms with E-state index >= 15 is 0 Å². The number of aromatic carboxylic acids is 1. The predicted molar refractivity (Wildman–Crippen MR) is 71.5 cm³/mol. The van der Waals surface area contributed by atoms with Gasteiger partial charge in [-0.1, -0.05) is 11.6 Å². The number of hydrogen-bond acceptors (Lipinski definition) is 4. The van der Waals surface area contributed by atoms with Crippen LogP contribution in [0.15, 0.2) is 30.7 Å². The second kappa shape index (κ2) is 5.71. The molecule has 1 unspecified atom stereocenters. The van der Waals surface area contributed by atoms with Crippen LogP contribution < -0.4 is 5.32 Å². The zero-order valence-electron chi connectivity index (χ0n) is 10.2. The minimum Gasteiger partial charge on any atom is -0.478 e. The Morgan fingerprint density at radius 1 is 1.63 bits per heavy atom. The first kappa shape index (κ1) is 13.4. The van der Waals surface area contributed by atoms with Gasteiger partial charge in [0.15, 0.2) is 0 Å². The van der Waals surface area contributed by atoms with Crippen molar-refractivity contribution in [2.45, 2.75) is 19.5 Å². The molecule has 2 aromatic heterocycles. The number of carboxylic acid groups (broad SMARTS) is 1. The summed E-state index contributed by atoms with van der Waals surface area (Å²) in [6.45, 7) is 2.62. The number of nitrogens with zero attached hydrogens (tertiary/aromatic N) is 3. The zero-order chi connectivity index (χ0) is 13.8. The van der Waals surface area contributed by atoms with Crippen molar-refractivity contribution >= 4 is 23.4 Å². The lowest BCUT2D eigenvalue weighted by Crippen LogP contribution is -2.23. The summed E-state index contributed by atoms with van der Waals surface area (Å²) in [4.78, 5) is 14.8. The third-order valence-corrected chi connectivity index (χ3v) is 2.78. The Hall–Kier alpha value is -2.08. The van der Waals surface area contributed by atoms with Crippen LogP contribution in [0.4, 0.5) is 5.82 Å². The maximum Gasteiger partial charge on any atom is 0.337 e. The highest BCUT2D eigenvalue weighted by Crippen LogP contribution is 2.21. The zero-order valence-corrected chi connectivity index (χ0v) is 11.0. The molecule has 1 atom stereocenters. The van der Waals surface area contributed by atoms with Crippen molar-refractivity contribution in [3.05, 3.63) is 41.3 Å². The normalized spacial score (nSPS) is 12.1. The molecule has 100 valence electrons. The van der Waals surface area contributed by atoms with Crippen LogP contribution in [0, 0.1) is 0 Å². The van der Waals surface area contributed by atoms with E-state index in [1.54, 1.807) is 10.9 Å². The maximum atomic E-state index is 10.8. The third-order valence-electron chi connectivity index (χ3n) is 2.49. The Morgan fingerprint density at radius 2 is 2.42 bits per heavy atom. The van der Waals surface area contributed by atoms with Gasteiger partial charge in [-0.3, -0.25) is 4.68 Å². The molecule has 2 aromatic rings. The highest BCUT2D eigenvalue weighted by atomic mass is 35.5. The van der Waals surface area contributed by atoms with Crippen LogP contribution in [-0.4, -0.2) is 31.9 Å². The quantitative estimate of drug-likeness (QED) is 0.877. The number of nitrogens with one attached hydrogen (secondary N) is 1. The Bertz CT molecular complexity index is 571. The van der Waals surface area contributed by atoms with Gasteiger partial charge >= 0.3 is 5.97 Å². The number of carboxylic acids is 1. The second-order valence-corrected chi connectivity index (χ2v) is 4.54. The number of pyridine rings is 1. The molecule has 7 heteroatoms. The summed E-state index contributed by atoms with van der Waals surface area (Å²) >= 11 is 5.99. The van der Waals surface area contributed by atoms with E-state index in [1.165, 1.54) is 12.3 Å². The van der Waals surface area contributed by atoms with E-state index in [2.05, 4.69) is 15.4 Å². The molecule has 0 amide bonds. The van der Waals surface area contributed by atoms with Crippen molar-refractivity contribution in [3.63, 3.8) is 0 Å². The van der Waals surface area contributed by atoms with Crippen LogP contribution >= 0.6 is 11.6 Å². The number of rotatable bonds is 5. The van der Waals surface area contributed by atoms with Gasteiger partial charge in [-0.25, -0.2) is 9.78 Å². The molecule has 2 heterocycles. The summed E-state index contributed by atoms with van der Waals surface area (Å²) in [6.07, 6.45) is 4.84. The van der Waals surface area contributed by atoms with Crippen LogP contribution in [0.5, 0.6) is 0 Å². The molecule has 0 aliphatic carbocycles. The largest absolute Gasteiger partial charge is 0.478 e. The fourth-order valence-electron chi connectivity index (χ4n) is 1.63. The predicted octanol–water partition coefficient (Wildman–Crippen LogP) is 2.13. The van der Waals surface area contributed by atoms with Crippen LogP contribution in [0.25, 0.3) is 0 Å². The highest BCUT2D eigenvalue weighted by molar-refractivity contribution is 6.33. The molecule has 0 radical (unpaired) electrons. The fourth-order valence-corrected chi connectivity index (χ4v) is 1.85. The lowest BCUT2D eigenvalue weighted by atomic mass is 10.2. The number of aromatic nitrogens is 3. The smallest absolute Gasteiger partial charge is 0.337 e. The Labute approximate surface area is 115 Å². The van der Waals surface area contributed by atoms with Gasteiger partial charge in [0.05, 0.1) is 17.1 Å². The highest BCUT2D eigenvalue weighted by Gasteiger charge is 2.11. The minimum atomic E-state index is -1.05. The molecule has 2 rings (SSSR count). The van der Waals surface area contributed by atoms with Gasteiger partial charge < -0.3 is 10.4 Å². The summed E-state index contributed by atoms with van der Waals surface area (Å²) in [7, 11) is 0. The Balaban J connectivity index is 2.04. The van der Waals surface area contributed by atoms with Gasteiger partial charge in [-0.15, -0.1) is 0 Å². The first-order valence-electron chi connectivity index (χ1n) is 5.69. The molecule has 2 N–H and O–H groups in total. The first-order chi connectivity index (χ1) is 9.06. The van der Waals surface area contributed by atoms with Crippen LogP contribution in [-0.2, 0) is 6.54 Å². The van der Waals surface area contributed by atoms with Gasteiger partial charge in [0.25, 0.3) is 0 Å². The number of halogens is 1. The topological polar surface area (TPSA) is 80.0 Å². The molecule has 0 aromatic carbocycles. The van der Waals surface area contributed by atoms with Gasteiger partial charge in [0.1, 0.15) is 5.82 Å². The molecule has 0 spiro atoms. The van der Waals surface area contributed by atoms with Crippen molar-refractivity contribution in [1.82, 2.24) is 14.8 Å². The van der Waals surface area contributed by atoms with E-state index < -0.39 is 5.97 Å². The fraction of sp³-hybridized carbons (Fsp3) is 0.250. The summed E-state index contributed by atoms with van der Waals surface area (Å²) in [5.41, 5.74) is 0.0651. The van der Waals surface area contributed by atoms with E-state index in [0.29, 0.717) is 12.4 Å². The Kier molecular flexibility index (Phi) is 4.01. The van der Waals surface area contributed by atoms with Gasteiger partial charge in [0, 0.05) is 24.6 Å². The van der Waals surface area contributed by atoms with E-state index in [9.17, 15) is 4.79 Å². The molecule has 0 aliphatic rings. The third kappa shape index (κ3) is 3.45. The molecular weight excluding hydrogens is 268 g/mol. The first-order valence-corrected chi connectivity index (χ1v) is 6.07. The van der Waals surface area contributed by atoms with Crippen LogP contribution in [0.2, 0.25) is 5.02 Å². The number of carbonyl (C=O) groups is 1. The average Bonchev–Trinajstić information content (AvgIpc) is 2.84. The van der Waals surface area contributed by atoms with E-state index in [4.69, 9.17) is 16.7 Å². The number of anilines is 1. The lowest BCUT2D eigenvalue weighted by molar-refractivity contribution is 0.0696. The molecule has 19 heavy (non-hydrogen) atoms.